The van der Waals surface area contributed by atoms with Crippen molar-refractivity contribution in [1.29, 1.82) is 0 Å². The van der Waals surface area contributed by atoms with Crippen molar-refractivity contribution in [1.82, 2.24) is 15.6 Å². The zero-order valence-corrected chi connectivity index (χ0v) is 20.9. The standard InChI is InChI=1S/C26H32ClN3O5/c1-3-34-26(33)19-6-4-18(5-7-19)16-35-23-11-9-21(15-30-23)25(32)29-13-12-28-24(31)20-8-10-22(27)17(2)14-20/h8-11,14-15,18-19H,3-7,12-13,16H2,1-2H3,(H,28,31)(H,29,32). The van der Waals surface area contributed by atoms with Gasteiger partial charge in [0.15, 0.2) is 0 Å². The molecule has 2 N–H and O–H groups in total. The molecule has 1 fully saturated rings. The van der Waals surface area contributed by atoms with Crippen LogP contribution in [0.3, 0.4) is 0 Å². The fourth-order valence-electron chi connectivity index (χ4n) is 3.97. The highest BCUT2D eigenvalue weighted by Crippen LogP contribution is 2.30. The lowest BCUT2D eigenvalue weighted by molar-refractivity contribution is -0.149. The van der Waals surface area contributed by atoms with Crippen molar-refractivity contribution in [3.63, 3.8) is 0 Å². The lowest BCUT2D eigenvalue weighted by atomic mass is 9.82. The first kappa shape index (κ1) is 26.5. The molecule has 1 aliphatic rings. The number of aromatic nitrogens is 1. The number of esters is 1. The van der Waals surface area contributed by atoms with Crippen molar-refractivity contribution in [2.24, 2.45) is 11.8 Å². The van der Waals surface area contributed by atoms with Crippen molar-refractivity contribution in [2.75, 3.05) is 26.3 Å². The number of rotatable bonds is 10. The number of benzene rings is 1. The highest BCUT2D eigenvalue weighted by Gasteiger charge is 2.27. The summed E-state index contributed by atoms with van der Waals surface area (Å²) >= 11 is 5.98. The molecule has 0 atom stereocenters. The van der Waals surface area contributed by atoms with Gasteiger partial charge in [0.05, 0.1) is 24.7 Å². The first-order valence-corrected chi connectivity index (χ1v) is 12.3. The van der Waals surface area contributed by atoms with Gasteiger partial charge in [-0.05, 0) is 75.3 Å². The molecule has 1 aromatic carbocycles. The number of nitrogens with one attached hydrogen (secondary N) is 2. The van der Waals surface area contributed by atoms with Gasteiger partial charge in [-0.15, -0.1) is 0 Å². The number of amides is 2. The molecular formula is C26H32ClN3O5. The highest BCUT2D eigenvalue weighted by molar-refractivity contribution is 6.31. The van der Waals surface area contributed by atoms with E-state index in [1.54, 1.807) is 30.3 Å². The maximum absolute atomic E-state index is 12.3. The summed E-state index contributed by atoms with van der Waals surface area (Å²) in [6.45, 7) is 5.18. The predicted molar refractivity (Wildman–Crippen MR) is 133 cm³/mol. The number of carbonyl (C=O) groups excluding carboxylic acids is 3. The third-order valence-electron chi connectivity index (χ3n) is 6.05. The molecular weight excluding hydrogens is 470 g/mol. The van der Waals surface area contributed by atoms with Crippen LogP contribution in [0, 0.1) is 18.8 Å². The highest BCUT2D eigenvalue weighted by atomic mass is 35.5. The Labute approximate surface area is 210 Å². The van der Waals surface area contributed by atoms with Crippen molar-refractivity contribution in [2.45, 2.75) is 39.5 Å². The van der Waals surface area contributed by atoms with E-state index in [2.05, 4.69) is 15.6 Å². The molecule has 0 aliphatic heterocycles. The van der Waals surface area contributed by atoms with Gasteiger partial charge in [0, 0.05) is 35.9 Å². The van der Waals surface area contributed by atoms with Crippen molar-refractivity contribution in [3.05, 3.63) is 58.2 Å². The Kier molecular flexibility index (Phi) is 9.90. The second-order valence-corrected chi connectivity index (χ2v) is 9.05. The van der Waals surface area contributed by atoms with E-state index in [9.17, 15) is 14.4 Å². The van der Waals surface area contributed by atoms with Crippen LogP contribution in [0.4, 0.5) is 0 Å². The molecule has 2 amide bonds. The van der Waals surface area contributed by atoms with Gasteiger partial charge in [0.1, 0.15) is 0 Å². The minimum absolute atomic E-state index is 0.00271. The molecule has 0 bridgehead atoms. The van der Waals surface area contributed by atoms with E-state index < -0.39 is 0 Å². The van der Waals surface area contributed by atoms with Gasteiger partial charge in [-0.3, -0.25) is 14.4 Å². The molecule has 9 heteroatoms. The Hall–Kier alpha value is -3.13. The summed E-state index contributed by atoms with van der Waals surface area (Å²) < 4.78 is 10.9. The molecule has 3 rings (SSSR count). The average molecular weight is 502 g/mol. The summed E-state index contributed by atoms with van der Waals surface area (Å²) in [4.78, 5) is 40.6. The molecule has 1 aliphatic carbocycles. The fraction of sp³-hybridized carbons (Fsp3) is 0.462. The molecule has 0 saturated heterocycles. The average Bonchev–Trinajstić information content (AvgIpc) is 2.87. The number of aryl methyl sites for hydroxylation is 1. The van der Waals surface area contributed by atoms with Gasteiger partial charge in [0.25, 0.3) is 11.8 Å². The molecule has 8 nitrogen and oxygen atoms in total. The normalized spacial score (nSPS) is 17.3. The van der Waals surface area contributed by atoms with Crippen LogP contribution in [0.15, 0.2) is 36.5 Å². The van der Waals surface area contributed by atoms with Crippen LogP contribution >= 0.6 is 11.6 Å². The molecule has 1 saturated carbocycles. The van der Waals surface area contributed by atoms with Crippen LogP contribution in [-0.4, -0.2) is 49.1 Å². The smallest absolute Gasteiger partial charge is 0.308 e. The summed E-state index contributed by atoms with van der Waals surface area (Å²) in [6.07, 6.45) is 4.94. The van der Waals surface area contributed by atoms with Crippen LogP contribution in [-0.2, 0) is 9.53 Å². The molecule has 2 aromatic rings. The number of hydrogen-bond donors (Lipinski definition) is 2. The number of hydrogen-bond acceptors (Lipinski definition) is 6. The largest absolute Gasteiger partial charge is 0.477 e. The Balaban J connectivity index is 1.35. The van der Waals surface area contributed by atoms with Crippen LogP contribution in [0.5, 0.6) is 5.88 Å². The van der Waals surface area contributed by atoms with Crippen LogP contribution in [0.1, 0.15) is 58.9 Å². The van der Waals surface area contributed by atoms with Crippen LogP contribution < -0.4 is 15.4 Å². The number of pyridine rings is 1. The summed E-state index contributed by atoms with van der Waals surface area (Å²) in [6, 6.07) is 8.39. The van der Waals surface area contributed by atoms with Crippen LogP contribution in [0.25, 0.3) is 0 Å². The van der Waals surface area contributed by atoms with E-state index in [-0.39, 0.29) is 30.2 Å². The Morgan fingerprint density at radius 3 is 2.26 bits per heavy atom. The zero-order chi connectivity index (χ0) is 25.2. The molecule has 188 valence electrons. The molecule has 0 unspecified atom stereocenters. The fourth-order valence-corrected chi connectivity index (χ4v) is 4.09. The van der Waals surface area contributed by atoms with Gasteiger partial charge >= 0.3 is 5.97 Å². The lowest BCUT2D eigenvalue weighted by Gasteiger charge is -2.26. The molecule has 0 radical (unpaired) electrons. The zero-order valence-electron chi connectivity index (χ0n) is 20.1. The third-order valence-corrected chi connectivity index (χ3v) is 6.47. The van der Waals surface area contributed by atoms with E-state index >= 15 is 0 Å². The Morgan fingerprint density at radius 1 is 1.00 bits per heavy atom. The summed E-state index contributed by atoms with van der Waals surface area (Å²) in [7, 11) is 0. The lowest BCUT2D eigenvalue weighted by Crippen LogP contribution is -2.34. The van der Waals surface area contributed by atoms with Crippen molar-refractivity contribution in [3.8, 4) is 5.88 Å². The minimum atomic E-state index is -0.280. The number of halogens is 1. The van der Waals surface area contributed by atoms with E-state index in [0.29, 0.717) is 47.7 Å². The van der Waals surface area contributed by atoms with Gasteiger partial charge in [0.2, 0.25) is 5.88 Å². The van der Waals surface area contributed by atoms with Crippen molar-refractivity contribution < 1.29 is 23.9 Å². The number of carbonyl (C=O) groups is 3. The van der Waals surface area contributed by atoms with Crippen LogP contribution in [0.2, 0.25) is 5.02 Å². The first-order valence-electron chi connectivity index (χ1n) is 12.0. The number of nitrogens with zero attached hydrogens (tertiary/aromatic N) is 1. The van der Waals surface area contributed by atoms with Gasteiger partial charge in [-0.25, -0.2) is 4.98 Å². The summed E-state index contributed by atoms with van der Waals surface area (Å²) in [5, 5.41) is 6.13. The summed E-state index contributed by atoms with van der Waals surface area (Å²) in [5.74, 6) is 0.227. The first-order chi connectivity index (χ1) is 16.9. The number of ether oxygens (including phenoxy) is 2. The third kappa shape index (κ3) is 7.96. The Morgan fingerprint density at radius 2 is 1.66 bits per heavy atom. The van der Waals surface area contributed by atoms with E-state index in [1.807, 2.05) is 13.8 Å². The van der Waals surface area contributed by atoms with E-state index in [1.165, 1.54) is 6.20 Å². The monoisotopic (exact) mass is 501 g/mol. The summed E-state index contributed by atoms with van der Waals surface area (Å²) in [5.41, 5.74) is 1.76. The molecule has 1 heterocycles. The SMILES string of the molecule is CCOC(=O)C1CCC(COc2ccc(C(=O)NCCNC(=O)c3ccc(Cl)c(C)c3)cn2)CC1. The van der Waals surface area contributed by atoms with E-state index in [0.717, 1.165) is 31.2 Å². The predicted octanol–water partition coefficient (Wildman–Crippen LogP) is 3.95. The minimum Gasteiger partial charge on any atom is -0.477 e. The topological polar surface area (TPSA) is 107 Å². The maximum atomic E-state index is 12.3. The second kappa shape index (κ2) is 13.1. The Bertz CT molecular complexity index is 1020. The maximum Gasteiger partial charge on any atom is 0.308 e. The molecule has 35 heavy (non-hydrogen) atoms. The van der Waals surface area contributed by atoms with Gasteiger partial charge in [-0.2, -0.15) is 0 Å². The quantitative estimate of drug-likeness (QED) is 0.377. The molecule has 0 spiro atoms. The molecule has 1 aromatic heterocycles. The van der Waals surface area contributed by atoms with E-state index in [4.69, 9.17) is 21.1 Å². The van der Waals surface area contributed by atoms with Gasteiger partial charge in [-0.1, -0.05) is 11.6 Å². The van der Waals surface area contributed by atoms with Gasteiger partial charge < -0.3 is 20.1 Å². The van der Waals surface area contributed by atoms with Crippen molar-refractivity contribution >= 4 is 29.4 Å². The second-order valence-electron chi connectivity index (χ2n) is 8.64.